The van der Waals surface area contributed by atoms with Crippen LogP contribution >= 0.6 is 11.3 Å². The van der Waals surface area contributed by atoms with Crippen molar-refractivity contribution in [1.82, 2.24) is 9.38 Å². The molecule has 1 aliphatic rings. The molecule has 3 heterocycles. The molecule has 2 aromatic heterocycles. The van der Waals surface area contributed by atoms with E-state index in [2.05, 4.69) is 4.98 Å². The summed E-state index contributed by atoms with van der Waals surface area (Å²) in [5, 5.41) is 1.33. The van der Waals surface area contributed by atoms with Crippen LogP contribution in [0.15, 0.2) is 16.4 Å². The second kappa shape index (κ2) is 5.75. The number of thiazole rings is 1. The van der Waals surface area contributed by atoms with Crippen LogP contribution in [-0.2, 0) is 21.0 Å². The molecule has 2 unspecified atom stereocenters. The largest absolute Gasteiger partial charge is 0.377 e. The lowest BCUT2D eigenvalue weighted by Gasteiger charge is -2.15. The van der Waals surface area contributed by atoms with E-state index < -0.39 is 15.1 Å². The summed E-state index contributed by atoms with van der Waals surface area (Å²) in [5.74, 6) is -0.0423. The van der Waals surface area contributed by atoms with Gasteiger partial charge in [0.25, 0.3) is 5.56 Å². The molecule has 0 radical (unpaired) electrons. The first-order valence-corrected chi connectivity index (χ1v) is 9.78. The van der Waals surface area contributed by atoms with E-state index in [4.69, 9.17) is 4.74 Å². The fourth-order valence-corrected chi connectivity index (χ4v) is 5.55. The lowest BCUT2D eigenvalue weighted by Crippen LogP contribution is -2.32. The van der Waals surface area contributed by atoms with E-state index in [1.165, 1.54) is 15.7 Å². The van der Waals surface area contributed by atoms with Gasteiger partial charge in [0.05, 0.1) is 17.1 Å². The average Bonchev–Trinajstić information content (AvgIpc) is 3.07. The SMILES string of the molecule is Cc1nc2sccn2c(=O)c1CCS(=O)(=O)C1CCOC1C. The zero-order chi connectivity index (χ0) is 15.9. The number of rotatable bonds is 4. The van der Waals surface area contributed by atoms with E-state index in [0.717, 1.165) is 0 Å². The highest BCUT2D eigenvalue weighted by atomic mass is 32.2. The van der Waals surface area contributed by atoms with Gasteiger partial charge < -0.3 is 4.74 Å². The minimum Gasteiger partial charge on any atom is -0.377 e. The molecule has 1 fully saturated rings. The van der Waals surface area contributed by atoms with Crippen LogP contribution in [0.1, 0.15) is 24.6 Å². The van der Waals surface area contributed by atoms with E-state index in [9.17, 15) is 13.2 Å². The standard InChI is InChI=1S/C14H18N2O4S2/c1-9-11(13(17)16-5-7-21-14(16)15-9)4-8-22(18,19)12-3-6-20-10(12)2/h5,7,10,12H,3-4,6,8H2,1-2H3. The number of sulfone groups is 1. The zero-order valence-corrected chi connectivity index (χ0v) is 14.1. The van der Waals surface area contributed by atoms with Crippen molar-refractivity contribution in [2.45, 2.75) is 38.0 Å². The Labute approximate surface area is 132 Å². The molecular formula is C14H18N2O4S2. The summed E-state index contributed by atoms with van der Waals surface area (Å²) >= 11 is 1.39. The third kappa shape index (κ3) is 2.70. The summed E-state index contributed by atoms with van der Waals surface area (Å²) in [6.45, 7) is 4.02. The van der Waals surface area contributed by atoms with E-state index in [-0.39, 0.29) is 23.8 Å². The Kier molecular flexibility index (Phi) is 4.09. The lowest BCUT2D eigenvalue weighted by atomic mass is 10.2. The van der Waals surface area contributed by atoms with E-state index in [0.29, 0.717) is 29.2 Å². The highest BCUT2D eigenvalue weighted by Gasteiger charge is 2.35. The monoisotopic (exact) mass is 342 g/mol. The van der Waals surface area contributed by atoms with E-state index >= 15 is 0 Å². The average molecular weight is 342 g/mol. The van der Waals surface area contributed by atoms with Crippen LogP contribution in [0.3, 0.4) is 0 Å². The molecule has 1 saturated heterocycles. The summed E-state index contributed by atoms with van der Waals surface area (Å²) in [5.41, 5.74) is 0.916. The van der Waals surface area contributed by atoms with Crippen LogP contribution in [0.5, 0.6) is 0 Å². The van der Waals surface area contributed by atoms with E-state index in [1.807, 2.05) is 0 Å². The summed E-state index contributed by atoms with van der Waals surface area (Å²) in [4.78, 5) is 17.4. The van der Waals surface area contributed by atoms with Gasteiger partial charge in [0, 0.05) is 29.4 Å². The highest BCUT2D eigenvalue weighted by molar-refractivity contribution is 7.92. The fraction of sp³-hybridized carbons (Fsp3) is 0.571. The summed E-state index contributed by atoms with van der Waals surface area (Å²) in [6, 6.07) is 0. The third-order valence-electron chi connectivity index (χ3n) is 4.17. The maximum absolute atomic E-state index is 12.4. The molecule has 2 aromatic rings. The van der Waals surface area contributed by atoms with Gasteiger partial charge in [0.1, 0.15) is 0 Å². The number of hydrogen-bond acceptors (Lipinski definition) is 6. The normalized spacial score (nSPS) is 22.5. The number of fused-ring (bicyclic) bond motifs is 1. The Balaban J connectivity index is 1.86. The number of aryl methyl sites for hydroxylation is 1. The number of aromatic nitrogens is 2. The first-order valence-electron chi connectivity index (χ1n) is 7.18. The second-order valence-electron chi connectivity index (χ2n) is 5.56. The van der Waals surface area contributed by atoms with Gasteiger partial charge >= 0.3 is 0 Å². The minimum atomic E-state index is -3.28. The molecule has 3 rings (SSSR count). The van der Waals surface area contributed by atoms with Gasteiger partial charge in [-0.1, -0.05) is 0 Å². The van der Waals surface area contributed by atoms with Crippen LogP contribution in [0.2, 0.25) is 0 Å². The van der Waals surface area contributed by atoms with Crippen LogP contribution < -0.4 is 5.56 Å². The number of hydrogen-bond donors (Lipinski definition) is 0. The molecule has 6 nitrogen and oxygen atoms in total. The van der Waals surface area contributed by atoms with Crippen LogP contribution in [0.4, 0.5) is 0 Å². The smallest absolute Gasteiger partial charge is 0.261 e. The lowest BCUT2D eigenvalue weighted by molar-refractivity contribution is 0.126. The van der Waals surface area contributed by atoms with Crippen molar-refractivity contribution in [1.29, 1.82) is 0 Å². The van der Waals surface area contributed by atoms with Crippen molar-refractivity contribution in [2.24, 2.45) is 0 Å². The topological polar surface area (TPSA) is 77.7 Å². The molecule has 0 aliphatic carbocycles. The molecule has 8 heteroatoms. The molecule has 0 amide bonds. The van der Waals surface area contributed by atoms with Crippen LogP contribution in [-0.4, -0.2) is 41.5 Å². The third-order valence-corrected chi connectivity index (χ3v) is 7.24. The first kappa shape index (κ1) is 15.6. The molecule has 0 spiro atoms. The fourth-order valence-electron chi connectivity index (χ4n) is 2.89. The Morgan fingerprint density at radius 3 is 2.95 bits per heavy atom. The predicted molar refractivity (Wildman–Crippen MR) is 85.4 cm³/mol. The Bertz CT molecular complexity index is 853. The van der Waals surface area contributed by atoms with Crippen molar-refractivity contribution in [3.05, 3.63) is 33.2 Å². The summed E-state index contributed by atoms with van der Waals surface area (Å²) < 4.78 is 31.7. The predicted octanol–water partition coefficient (Wildman–Crippen LogP) is 1.20. The maximum atomic E-state index is 12.4. The van der Waals surface area contributed by atoms with Crippen molar-refractivity contribution in [3.8, 4) is 0 Å². The Morgan fingerprint density at radius 2 is 2.27 bits per heavy atom. The Morgan fingerprint density at radius 1 is 1.50 bits per heavy atom. The molecule has 120 valence electrons. The first-order chi connectivity index (χ1) is 10.4. The zero-order valence-electron chi connectivity index (χ0n) is 12.5. The second-order valence-corrected chi connectivity index (χ2v) is 8.77. The molecule has 1 aliphatic heterocycles. The maximum Gasteiger partial charge on any atom is 0.261 e. The highest BCUT2D eigenvalue weighted by Crippen LogP contribution is 2.22. The van der Waals surface area contributed by atoms with Gasteiger partial charge in [-0.25, -0.2) is 13.4 Å². The Hall–Kier alpha value is -1.25. The van der Waals surface area contributed by atoms with Gasteiger partial charge in [-0.3, -0.25) is 9.20 Å². The summed E-state index contributed by atoms with van der Waals surface area (Å²) in [6.07, 6.45) is 2.12. The van der Waals surface area contributed by atoms with Crippen LogP contribution in [0, 0.1) is 6.92 Å². The molecule has 2 atom stereocenters. The van der Waals surface area contributed by atoms with Crippen molar-refractivity contribution in [3.63, 3.8) is 0 Å². The minimum absolute atomic E-state index is 0.0423. The summed E-state index contributed by atoms with van der Waals surface area (Å²) in [7, 11) is -3.28. The van der Waals surface area contributed by atoms with Gasteiger partial charge in [0.15, 0.2) is 14.8 Å². The van der Waals surface area contributed by atoms with E-state index in [1.54, 1.807) is 25.4 Å². The molecule has 22 heavy (non-hydrogen) atoms. The van der Waals surface area contributed by atoms with Gasteiger partial charge in [-0.2, -0.15) is 0 Å². The molecule has 0 aromatic carbocycles. The number of ether oxygens (including phenoxy) is 1. The molecular weight excluding hydrogens is 324 g/mol. The number of nitrogens with zero attached hydrogens (tertiary/aromatic N) is 2. The van der Waals surface area contributed by atoms with Gasteiger partial charge in [0.2, 0.25) is 0 Å². The molecule has 0 bridgehead atoms. The molecule has 0 saturated carbocycles. The van der Waals surface area contributed by atoms with Crippen molar-refractivity contribution < 1.29 is 13.2 Å². The molecule has 0 N–H and O–H groups in total. The van der Waals surface area contributed by atoms with Gasteiger partial charge in [-0.05, 0) is 26.7 Å². The van der Waals surface area contributed by atoms with Crippen molar-refractivity contribution >= 4 is 26.1 Å². The van der Waals surface area contributed by atoms with Crippen molar-refractivity contribution in [2.75, 3.05) is 12.4 Å². The van der Waals surface area contributed by atoms with Gasteiger partial charge in [-0.15, -0.1) is 11.3 Å². The van der Waals surface area contributed by atoms with Crippen LogP contribution in [0.25, 0.3) is 4.96 Å². The quantitative estimate of drug-likeness (QED) is 0.834.